The number of aromatic nitrogens is 1. The number of ether oxygens (including phenoxy) is 3. The SMILES string of the molecule is CCOCCN1CC23COCC2(C1)CN(C(=O)[C@@H]1CC=CC2=C4C(=C4C(=O)NSC(C)C)Cn4c(cc5c(OC)ccc(C6CCCCC6)c54)[C@H]21)C3. The Bertz CT molecular complexity index is 1870. The fourth-order valence-electron chi connectivity index (χ4n) is 11.0. The van der Waals surface area contributed by atoms with Crippen molar-refractivity contribution in [1.29, 1.82) is 0 Å². The van der Waals surface area contributed by atoms with E-state index in [1.54, 1.807) is 7.11 Å². The molecule has 2 unspecified atom stereocenters. The Balaban J connectivity index is 1.11. The third-order valence-corrected chi connectivity index (χ3v) is 14.2. The summed E-state index contributed by atoms with van der Waals surface area (Å²) in [5.74, 6) is 1.18. The van der Waals surface area contributed by atoms with E-state index in [1.165, 1.54) is 60.8 Å². The van der Waals surface area contributed by atoms with Crippen LogP contribution in [0.15, 0.2) is 52.6 Å². The normalized spacial score (nSPS) is 29.7. The van der Waals surface area contributed by atoms with Crippen LogP contribution in [0.4, 0.5) is 0 Å². The summed E-state index contributed by atoms with van der Waals surface area (Å²) in [5, 5.41) is 1.41. The van der Waals surface area contributed by atoms with E-state index in [4.69, 9.17) is 14.2 Å². The molecule has 1 aromatic carbocycles. The topological polar surface area (TPSA) is 85.3 Å². The van der Waals surface area contributed by atoms with Gasteiger partial charge in [-0.25, -0.2) is 0 Å². The average Bonchev–Trinajstić information content (AvgIpc) is 3.29. The minimum Gasteiger partial charge on any atom is -0.496 e. The summed E-state index contributed by atoms with van der Waals surface area (Å²) in [4.78, 5) is 33.7. The zero-order valence-electron chi connectivity index (χ0n) is 31.3. The van der Waals surface area contributed by atoms with Crippen LogP contribution in [0.25, 0.3) is 10.9 Å². The molecule has 4 fully saturated rings. The van der Waals surface area contributed by atoms with Crippen LogP contribution < -0.4 is 9.46 Å². The molecule has 1 saturated carbocycles. The van der Waals surface area contributed by atoms with Crippen molar-refractivity contribution in [3.8, 4) is 5.75 Å². The third-order valence-electron chi connectivity index (χ3n) is 13.4. The van der Waals surface area contributed by atoms with Crippen molar-refractivity contribution in [1.82, 2.24) is 19.1 Å². The molecule has 1 aromatic heterocycles. The molecule has 9 rings (SSSR count). The predicted molar refractivity (Wildman–Crippen MR) is 204 cm³/mol. The molecule has 5 heterocycles. The van der Waals surface area contributed by atoms with Crippen LogP contribution in [0.3, 0.4) is 0 Å². The summed E-state index contributed by atoms with van der Waals surface area (Å²) in [6.07, 6.45) is 11.3. The third kappa shape index (κ3) is 5.44. The summed E-state index contributed by atoms with van der Waals surface area (Å²) in [7, 11) is 1.76. The van der Waals surface area contributed by atoms with Gasteiger partial charge in [-0.05, 0) is 78.5 Å². The summed E-state index contributed by atoms with van der Waals surface area (Å²) in [6.45, 7) is 14.1. The van der Waals surface area contributed by atoms with Gasteiger partial charge in [0, 0.05) is 79.0 Å². The lowest BCUT2D eigenvalue weighted by molar-refractivity contribution is -0.136. The molecule has 3 aliphatic carbocycles. The lowest BCUT2D eigenvalue weighted by atomic mass is 9.71. The van der Waals surface area contributed by atoms with Crippen molar-refractivity contribution < 1.29 is 23.8 Å². The van der Waals surface area contributed by atoms with Crippen molar-refractivity contribution in [2.24, 2.45) is 16.7 Å². The average molecular weight is 727 g/mol. The van der Waals surface area contributed by atoms with Crippen molar-refractivity contribution in [2.45, 2.75) is 82.9 Å². The second-order valence-electron chi connectivity index (χ2n) is 16.8. The van der Waals surface area contributed by atoms with Gasteiger partial charge >= 0.3 is 0 Å². The molecular formula is C42H54N4O5S. The van der Waals surface area contributed by atoms with Crippen LogP contribution in [0.1, 0.15) is 82.4 Å². The van der Waals surface area contributed by atoms with Crippen LogP contribution >= 0.6 is 11.9 Å². The van der Waals surface area contributed by atoms with E-state index in [0.29, 0.717) is 32.1 Å². The zero-order valence-corrected chi connectivity index (χ0v) is 32.1. The van der Waals surface area contributed by atoms with E-state index in [9.17, 15) is 4.79 Å². The number of carbonyl (C=O) groups is 2. The van der Waals surface area contributed by atoms with Crippen LogP contribution in [-0.4, -0.2) is 97.7 Å². The van der Waals surface area contributed by atoms with Gasteiger partial charge in [-0.2, -0.15) is 0 Å². The number of carbonyl (C=O) groups excluding carboxylic acids is 2. The van der Waals surface area contributed by atoms with Crippen molar-refractivity contribution in [3.05, 3.63) is 63.9 Å². The molecule has 7 aliphatic rings. The molecule has 52 heavy (non-hydrogen) atoms. The molecule has 3 saturated heterocycles. The Hall–Kier alpha value is -3.05. The Morgan fingerprint density at radius 1 is 1.08 bits per heavy atom. The zero-order chi connectivity index (χ0) is 35.8. The quantitative estimate of drug-likeness (QED) is 0.226. The first kappa shape index (κ1) is 34.7. The molecular weight excluding hydrogens is 673 g/mol. The molecule has 2 aromatic rings. The second kappa shape index (κ2) is 13.4. The Labute approximate surface area is 312 Å². The Kier molecular flexibility index (Phi) is 8.91. The highest BCUT2D eigenvalue weighted by atomic mass is 32.2. The first-order valence-corrected chi connectivity index (χ1v) is 20.6. The van der Waals surface area contributed by atoms with Gasteiger partial charge in [0.15, 0.2) is 0 Å². The van der Waals surface area contributed by atoms with Crippen molar-refractivity contribution in [2.75, 3.05) is 66.3 Å². The molecule has 4 aliphatic heterocycles. The number of methoxy groups -OCH3 is 1. The number of hydrogen-bond acceptors (Lipinski definition) is 7. The van der Waals surface area contributed by atoms with E-state index < -0.39 is 0 Å². The standard InChI is InChI=1S/C42H54N4O5S/c1-5-50-17-16-44-20-41-22-45(23-42(41,21-44)25-51-24-41)40(48)30-13-9-12-29-35(30)33-18-31-34(49-4)15-14-28(27-10-7-6-8-11-27)38(31)46(33)19-32-36(29)37(32)39(47)43-52-26(2)3/h9,12,14-15,18,26-27,30,35H,5-8,10-11,13,16-17,19-25H2,1-4H3,(H,43,47)/t30-,35-,41?,42?/m1/s1. The number of allylic oxidation sites excluding steroid dienone is 4. The van der Waals surface area contributed by atoms with Gasteiger partial charge in [0.2, 0.25) is 5.91 Å². The van der Waals surface area contributed by atoms with E-state index in [1.807, 2.05) is 6.92 Å². The molecule has 2 amide bonds. The van der Waals surface area contributed by atoms with Gasteiger partial charge in [0.25, 0.3) is 5.91 Å². The van der Waals surface area contributed by atoms with E-state index in [2.05, 4.69) is 63.3 Å². The molecule has 0 radical (unpaired) electrons. The fraction of sp³-hybridized carbons (Fsp3) is 0.619. The number of benzene rings is 1. The molecule has 278 valence electrons. The monoisotopic (exact) mass is 726 g/mol. The summed E-state index contributed by atoms with van der Waals surface area (Å²) in [6, 6.07) is 6.78. The number of fused-ring (bicyclic) bond motifs is 6. The maximum absolute atomic E-state index is 15.2. The number of likely N-dealkylation sites (tertiary alicyclic amines) is 2. The molecule has 1 N–H and O–H groups in total. The highest BCUT2D eigenvalue weighted by Crippen LogP contribution is 2.58. The van der Waals surface area contributed by atoms with E-state index >= 15 is 4.79 Å². The molecule has 0 spiro atoms. The van der Waals surface area contributed by atoms with Gasteiger partial charge in [-0.15, -0.1) is 0 Å². The van der Waals surface area contributed by atoms with Gasteiger partial charge in [0.05, 0.1) is 43.9 Å². The van der Waals surface area contributed by atoms with E-state index in [-0.39, 0.29) is 39.7 Å². The van der Waals surface area contributed by atoms with Crippen LogP contribution in [0.2, 0.25) is 0 Å². The predicted octanol–water partition coefficient (Wildman–Crippen LogP) is 6.35. The molecule has 10 heteroatoms. The van der Waals surface area contributed by atoms with Crippen LogP contribution in [0, 0.1) is 16.7 Å². The number of nitrogens with one attached hydrogen (secondary N) is 1. The van der Waals surface area contributed by atoms with Gasteiger partial charge in [0.1, 0.15) is 5.75 Å². The maximum Gasteiger partial charge on any atom is 0.262 e. The van der Waals surface area contributed by atoms with E-state index in [0.717, 1.165) is 79.4 Å². The number of hydrogen-bond donors (Lipinski definition) is 1. The minimum atomic E-state index is -0.253. The Morgan fingerprint density at radius 3 is 2.56 bits per heavy atom. The van der Waals surface area contributed by atoms with Gasteiger partial charge in [-0.1, -0.05) is 51.3 Å². The maximum atomic E-state index is 15.2. The van der Waals surface area contributed by atoms with Crippen molar-refractivity contribution >= 4 is 34.7 Å². The highest BCUT2D eigenvalue weighted by Gasteiger charge is 2.67. The van der Waals surface area contributed by atoms with Crippen LogP contribution in [0.5, 0.6) is 5.75 Å². The lowest BCUT2D eigenvalue weighted by Crippen LogP contribution is -2.43. The first-order valence-electron chi connectivity index (χ1n) is 19.8. The van der Waals surface area contributed by atoms with Gasteiger partial charge < -0.3 is 23.7 Å². The molecule has 0 bridgehead atoms. The largest absolute Gasteiger partial charge is 0.496 e. The summed E-state index contributed by atoms with van der Waals surface area (Å²) >= 11 is 1.47. The fourth-order valence-corrected chi connectivity index (χ4v) is 11.5. The lowest BCUT2D eigenvalue weighted by Gasteiger charge is -2.35. The molecule has 9 nitrogen and oxygen atoms in total. The Morgan fingerprint density at radius 2 is 1.85 bits per heavy atom. The number of nitrogens with zero attached hydrogens (tertiary/aromatic N) is 3. The molecule has 4 atom stereocenters. The highest BCUT2D eigenvalue weighted by molar-refractivity contribution is 7.98. The summed E-state index contributed by atoms with van der Waals surface area (Å²) < 4.78 is 23.5. The summed E-state index contributed by atoms with van der Waals surface area (Å²) in [5.41, 5.74) is 7.84. The second-order valence-corrected chi connectivity index (χ2v) is 18.2. The smallest absolute Gasteiger partial charge is 0.262 e. The van der Waals surface area contributed by atoms with Gasteiger partial charge in [-0.3, -0.25) is 19.2 Å². The number of rotatable bonds is 10. The minimum absolute atomic E-state index is 0.0194. The first-order chi connectivity index (χ1) is 25.3. The number of amides is 2. The van der Waals surface area contributed by atoms with Crippen LogP contribution in [-0.2, 0) is 25.6 Å². The van der Waals surface area contributed by atoms with Crippen molar-refractivity contribution in [3.63, 3.8) is 0 Å².